The van der Waals surface area contributed by atoms with Crippen molar-refractivity contribution >= 4 is 17.7 Å². The van der Waals surface area contributed by atoms with Crippen LogP contribution >= 0.6 is 0 Å². The van der Waals surface area contributed by atoms with Gasteiger partial charge < -0.3 is 15.2 Å². The number of amides is 1. The number of carboxylic acid groups (broad SMARTS) is 1. The molecule has 1 unspecified atom stereocenters. The molecule has 1 amide bonds. The number of carbonyl (C=O) groups is 2. The van der Waals surface area contributed by atoms with Crippen LogP contribution in [0.5, 0.6) is 0 Å². The fourth-order valence-electron chi connectivity index (χ4n) is 1.59. The number of carboxylic acids is 1. The molecule has 1 aliphatic heterocycles. The summed E-state index contributed by atoms with van der Waals surface area (Å²) in [6.45, 7) is 0.601. The fraction of sp³-hybridized carbons (Fsp3) is 0.364. The lowest BCUT2D eigenvalue weighted by molar-refractivity contribution is -0.124. The van der Waals surface area contributed by atoms with Crippen LogP contribution in [0, 0.1) is 0 Å². The lowest BCUT2D eigenvalue weighted by Gasteiger charge is -2.09. The van der Waals surface area contributed by atoms with Crippen LogP contribution in [-0.4, -0.2) is 34.7 Å². The van der Waals surface area contributed by atoms with Crippen LogP contribution < -0.4 is 5.32 Å². The summed E-state index contributed by atoms with van der Waals surface area (Å²) in [5.41, 5.74) is 0.0834. The van der Waals surface area contributed by atoms with Gasteiger partial charge in [0.1, 0.15) is 11.9 Å². The van der Waals surface area contributed by atoms with Crippen LogP contribution in [0.2, 0.25) is 0 Å². The molecule has 1 aliphatic rings. The topological polar surface area (TPSA) is 88.5 Å². The van der Waals surface area contributed by atoms with Crippen LogP contribution in [0.25, 0.3) is 0 Å². The number of carbonyl (C=O) groups excluding carboxylic acids is 1. The number of rotatable bonds is 3. The Bertz CT molecular complexity index is 424. The zero-order valence-corrected chi connectivity index (χ0v) is 9.05. The van der Waals surface area contributed by atoms with Crippen LogP contribution in [0.1, 0.15) is 23.2 Å². The van der Waals surface area contributed by atoms with Gasteiger partial charge in [0.2, 0.25) is 0 Å². The molecule has 1 atom stereocenters. The summed E-state index contributed by atoms with van der Waals surface area (Å²) >= 11 is 0. The Kier molecular flexibility index (Phi) is 3.34. The lowest BCUT2D eigenvalue weighted by Crippen LogP contribution is -2.27. The standard InChI is InChI=1S/C11H12N2O4/c14-10(8-2-1-5-17-8)13-9-4-3-7(6-12-9)11(15)16/h3-4,6,8H,1-2,5H2,(H,15,16)(H,12,13,14). The van der Waals surface area contributed by atoms with Crippen molar-refractivity contribution in [2.24, 2.45) is 0 Å². The van der Waals surface area contributed by atoms with Gasteiger partial charge in [-0.3, -0.25) is 4.79 Å². The average Bonchev–Trinajstić information content (AvgIpc) is 2.83. The third-order valence-electron chi connectivity index (χ3n) is 2.48. The first-order valence-electron chi connectivity index (χ1n) is 5.28. The highest BCUT2D eigenvalue weighted by Crippen LogP contribution is 2.14. The van der Waals surface area contributed by atoms with Gasteiger partial charge in [-0.25, -0.2) is 9.78 Å². The minimum Gasteiger partial charge on any atom is -0.478 e. The number of anilines is 1. The Labute approximate surface area is 97.6 Å². The molecular weight excluding hydrogens is 224 g/mol. The van der Waals surface area contributed by atoms with Crippen molar-refractivity contribution in [3.63, 3.8) is 0 Å². The van der Waals surface area contributed by atoms with Gasteiger partial charge in [0.25, 0.3) is 5.91 Å². The second-order valence-corrected chi connectivity index (χ2v) is 3.73. The average molecular weight is 236 g/mol. The molecule has 0 spiro atoms. The molecule has 90 valence electrons. The molecule has 17 heavy (non-hydrogen) atoms. The van der Waals surface area contributed by atoms with Crippen molar-refractivity contribution in [3.8, 4) is 0 Å². The number of aromatic nitrogens is 1. The third kappa shape index (κ3) is 2.79. The molecular formula is C11H12N2O4. The monoisotopic (exact) mass is 236 g/mol. The third-order valence-corrected chi connectivity index (χ3v) is 2.48. The van der Waals surface area contributed by atoms with Gasteiger partial charge in [-0.15, -0.1) is 0 Å². The van der Waals surface area contributed by atoms with E-state index in [-0.39, 0.29) is 11.5 Å². The number of hydrogen-bond donors (Lipinski definition) is 2. The van der Waals surface area contributed by atoms with Gasteiger partial charge in [-0.2, -0.15) is 0 Å². The van der Waals surface area contributed by atoms with E-state index in [1.807, 2.05) is 0 Å². The maximum atomic E-state index is 11.6. The number of aromatic carboxylic acids is 1. The molecule has 1 fully saturated rings. The highest BCUT2D eigenvalue weighted by Gasteiger charge is 2.23. The fourth-order valence-corrected chi connectivity index (χ4v) is 1.59. The molecule has 1 saturated heterocycles. The van der Waals surface area contributed by atoms with Gasteiger partial charge in [0, 0.05) is 12.8 Å². The van der Waals surface area contributed by atoms with Crippen molar-refractivity contribution in [2.45, 2.75) is 18.9 Å². The van der Waals surface area contributed by atoms with Crippen LogP contribution in [0.15, 0.2) is 18.3 Å². The van der Waals surface area contributed by atoms with Crippen LogP contribution in [0.3, 0.4) is 0 Å². The minimum absolute atomic E-state index is 0.0834. The molecule has 2 heterocycles. The SMILES string of the molecule is O=C(O)c1ccc(NC(=O)C2CCCO2)nc1. The van der Waals surface area contributed by atoms with E-state index in [0.717, 1.165) is 6.42 Å². The number of nitrogens with zero attached hydrogens (tertiary/aromatic N) is 1. The largest absolute Gasteiger partial charge is 0.478 e. The molecule has 0 bridgehead atoms. The summed E-state index contributed by atoms with van der Waals surface area (Å²) in [4.78, 5) is 26.1. The van der Waals surface area contributed by atoms with E-state index in [1.165, 1.54) is 18.3 Å². The Morgan fingerprint density at radius 3 is 2.82 bits per heavy atom. The minimum atomic E-state index is -1.05. The van der Waals surface area contributed by atoms with E-state index in [4.69, 9.17) is 9.84 Å². The molecule has 0 radical (unpaired) electrons. The van der Waals surface area contributed by atoms with Gasteiger partial charge in [0.15, 0.2) is 0 Å². The quantitative estimate of drug-likeness (QED) is 0.813. The van der Waals surface area contributed by atoms with Crippen molar-refractivity contribution < 1.29 is 19.4 Å². The normalized spacial score (nSPS) is 18.9. The predicted octanol–water partition coefficient (Wildman–Crippen LogP) is 0.897. The molecule has 2 N–H and O–H groups in total. The second-order valence-electron chi connectivity index (χ2n) is 3.73. The van der Waals surface area contributed by atoms with E-state index in [0.29, 0.717) is 18.8 Å². The van der Waals surface area contributed by atoms with Crippen molar-refractivity contribution in [3.05, 3.63) is 23.9 Å². The summed E-state index contributed by atoms with van der Waals surface area (Å²) in [6.07, 6.45) is 2.37. The second kappa shape index (κ2) is 4.92. The molecule has 0 aliphatic carbocycles. The molecule has 1 aromatic rings. The first-order chi connectivity index (χ1) is 8.16. The molecule has 0 aromatic carbocycles. The van der Waals surface area contributed by atoms with Gasteiger partial charge in [-0.1, -0.05) is 0 Å². The Morgan fingerprint density at radius 2 is 2.29 bits per heavy atom. The summed E-state index contributed by atoms with van der Waals surface area (Å²) in [5.74, 6) is -0.955. The van der Waals surface area contributed by atoms with Crippen LogP contribution in [0.4, 0.5) is 5.82 Å². The highest BCUT2D eigenvalue weighted by molar-refractivity contribution is 5.94. The Hall–Kier alpha value is -1.95. The van der Waals surface area contributed by atoms with E-state index >= 15 is 0 Å². The number of nitrogens with one attached hydrogen (secondary N) is 1. The molecule has 6 heteroatoms. The molecule has 0 saturated carbocycles. The van der Waals surface area contributed by atoms with E-state index in [2.05, 4.69) is 10.3 Å². The number of ether oxygens (including phenoxy) is 1. The van der Waals surface area contributed by atoms with E-state index in [9.17, 15) is 9.59 Å². The first kappa shape index (κ1) is 11.5. The van der Waals surface area contributed by atoms with E-state index < -0.39 is 12.1 Å². The lowest BCUT2D eigenvalue weighted by atomic mass is 10.2. The predicted molar refractivity (Wildman–Crippen MR) is 58.8 cm³/mol. The van der Waals surface area contributed by atoms with Crippen LogP contribution in [-0.2, 0) is 9.53 Å². The Morgan fingerprint density at radius 1 is 1.47 bits per heavy atom. The molecule has 1 aromatic heterocycles. The van der Waals surface area contributed by atoms with Crippen molar-refractivity contribution in [2.75, 3.05) is 11.9 Å². The molecule has 2 rings (SSSR count). The van der Waals surface area contributed by atoms with Crippen molar-refractivity contribution in [1.82, 2.24) is 4.98 Å². The number of hydrogen-bond acceptors (Lipinski definition) is 4. The zero-order valence-electron chi connectivity index (χ0n) is 9.05. The van der Waals surface area contributed by atoms with Gasteiger partial charge in [-0.05, 0) is 25.0 Å². The van der Waals surface area contributed by atoms with Gasteiger partial charge in [0.05, 0.1) is 5.56 Å². The highest BCUT2D eigenvalue weighted by atomic mass is 16.5. The van der Waals surface area contributed by atoms with Gasteiger partial charge >= 0.3 is 5.97 Å². The smallest absolute Gasteiger partial charge is 0.337 e. The first-order valence-corrected chi connectivity index (χ1v) is 5.28. The van der Waals surface area contributed by atoms with E-state index in [1.54, 1.807) is 0 Å². The summed E-state index contributed by atoms with van der Waals surface area (Å²) in [6, 6.07) is 2.84. The summed E-state index contributed by atoms with van der Waals surface area (Å²) in [5, 5.41) is 11.3. The zero-order chi connectivity index (χ0) is 12.3. The maximum Gasteiger partial charge on any atom is 0.337 e. The summed E-state index contributed by atoms with van der Waals surface area (Å²) in [7, 11) is 0. The van der Waals surface area contributed by atoms with Crippen molar-refractivity contribution in [1.29, 1.82) is 0 Å². The maximum absolute atomic E-state index is 11.6. The summed E-state index contributed by atoms with van der Waals surface area (Å²) < 4.78 is 5.21. The number of pyridine rings is 1. The molecule has 6 nitrogen and oxygen atoms in total. The Balaban J connectivity index is 1.98.